The first-order valence-electron chi connectivity index (χ1n) is 10.8. The van der Waals surface area contributed by atoms with Gasteiger partial charge in [-0.2, -0.15) is 3.89 Å². The Morgan fingerprint density at radius 3 is 2.69 bits per heavy atom. The highest BCUT2D eigenvalue weighted by atomic mass is 32.2. The maximum atomic E-state index is 12.8. The zero-order valence-corrected chi connectivity index (χ0v) is 20.2. The number of aryl methyl sites for hydroxylation is 1. The van der Waals surface area contributed by atoms with E-state index in [2.05, 4.69) is 58.4 Å². The minimum Gasteiger partial charge on any atom is -0.361 e. The highest BCUT2D eigenvalue weighted by Crippen LogP contribution is 2.32. The number of rotatable bonds is 9. The quantitative estimate of drug-likeness (QED) is 0.357. The number of hydrogen-bond acceptors (Lipinski definition) is 5. The second-order valence-electron chi connectivity index (χ2n) is 7.18. The van der Waals surface area contributed by atoms with Crippen molar-refractivity contribution in [1.82, 2.24) is 14.5 Å². The van der Waals surface area contributed by atoms with E-state index in [1.165, 1.54) is 11.8 Å². The second kappa shape index (κ2) is 13.5. The summed E-state index contributed by atoms with van der Waals surface area (Å²) in [5.74, 6) is 1.67. The van der Waals surface area contributed by atoms with Gasteiger partial charge >= 0.3 is 0 Å². The molecule has 0 fully saturated rings. The van der Waals surface area contributed by atoms with E-state index in [1.807, 2.05) is 43.9 Å². The number of benzene rings is 1. The molecule has 2 aromatic heterocycles. The maximum absolute atomic E-state index is 12.8. The van der Waals surface area contributed by atoms with E-state index >= 15 is 0 Å². The van der Waals surface area contributed by atoms with Gasteiger partial charge in [0.1, 0.15) is 5.82 Å². The Morgan fingerprint density at radius 2 is 1.97 bits per heavy atom. The lowest BCUT2D eigenvalue weighted by molar-refractivity contribution is 0.501. The van der Waals surface area contributed by atoms with Gasteiger partial charge in [-0.25, -0.2) is 4.98 Å². The highest BCUT2D eigenvalue weighted by molar-refractivity contribution is 7.94. The molecule has 7 heteroatoms. The van der Waals surface area contributed by atoms with Crippen LogP contribution in [0.3, 0.4) is 0 Å². The van der Waals surface area contributed by atoms with Crippen molar-refractivity contribution < 1.29 is 3.89 Å². The van der Waals surface area contributed by atoms with Gasteiger partial charge < -0.3 is 9.88 Å². The van der Waals surface area contributed by atoms with Crippen molar-refractivity contribution >= 4 is 24.0 Å². The van der Waals surface area contributed by atoms with E-state index in [9.17, 15) is 3.89 Å². The van der Waals surface area contributed by atoms with Crippen LogP contribution in [0.25, 0.3) is 11.4 Å². The number of aromatic nitrogens is 3. The lowest BCUT2D eigenvalue weighted by Gasteiger charge is -2.21. The smallest absolute Gasteiger partial charge is 0.139 e. The van der Waals surface area contributed by atoms with Crippen LogP contribution in [0.5, 0.6) is 0 Å². The number of imidazole rings is 1. The first kappa shape index (κ1) is 25.3. The van der Waals surface area contributed by atoms with Crippen LogP contribution < -0.4 is 5.32 Å². The van der Waals surface area contributed by atoms with Gasteiger partial charge in [0.15, 0.2) is 0 Å². The molecule has 3 rings (SSSR count). The van der Waals surface area contributed by atoms with Crippen LogP contribution in [-0.2, 0) is 7.05 Å². The molecule has 2 atom stereocenters. The summed E-state index contributed by atoms with van der Waals surface area (Å²) in [5.41, 5.74) is 3.12. The molecule has 0 aliphatic carbocycles. The summed E-state index contributed by atoms with van der Waals surface area (Å²) in [7, 11) is 2.01. The standard InChI is InChI=1S/C23H26FN5S.C2H6/c1-17(15-25-10-6-11-27-21-9-12-26-16-22(21)30-24)18(2)19-7-4-5-8-20(19)23-28-13-14-29(23)3;1-2/h4-14,16-18H,15H2,1-3H3,(H,26,27);1-2H3/b11-6-,25-10?;/t17-,18?;/m0./s1. The first-order chi connectivity index (χ1) is 15.6. The van der Waals surface area contributed by atoms with Crippen LogP contribution in [-0.4, -0.2) is 27.3 Å². The molecule has 0 saturated carbocycles. The number of pyridine rings is 1. The van der Waals surface area contributed by atoms with E-state index in [0.29, 0.717) is 29.0 Å². The van der Waals surface area contributed by atoms with Gasteiger partial charge in [-0.1, -0.05) is 52.0 Å². The van der Waals surface area contributed by atoms with E-state index in [0.717, 1.165) is 11.4 Å². The molecule has 0 aliphatic heterocycles. The van der Waals surface area contributed by atoms with Crippen molar-refractivity contribution in [3.63, 3.8) is 0 Å². The number of halogens is 1. The van der Waals surface area contributed by atoms with Crippen LogP contribution in [0.1, 0.15) is 39.2 Å². The van der Waals surface area contributed by atoms with Gasteiger partial charge in [0.2, 0.25) is 0 Å². The van der Waals surface area contributed by atoms with Crippen LogP contribution in [0.15, 0.2) is 77.3 Å². The Kier molecular flexibility index (Phi) is 10.7. The molecule has 1 aromatic carbocycles. The predicted octanol–water partition coefficient (Wildman–Crippen LogP) is 6.92. The summed E-state index contributed by atoms with van der Waals surface area (Å²) in [5, 5.41) is 3.05. The van der Waals surface area contributed by atoms with Crippen molar-refractivity contribution in [2.24, 2.45) is 18.0 Å². The van der Waals surface area contributed by atoms with E-state index < -0.39 is 0 Å². The van der Waals surface area contributed by atoms with Crippen molar-refractivity contribution in [3.05, 3.63) is 73.0 Å². The van der Waals surface area contributed by atoms with Gasteiger partial charge in [-0.05, 0) is 29.5 Å². The Bertz CT molecular complexity index is 1010. The minimum atomic E-state index is 0.171. The first-order valence-corrected chi connectivity index (χ1v) is 11.5. The fourth-order valence-electron chi connectivity index (χ4n) is 3.22. The van der Waals surface area contributed by atoms with E-state index in [-0.39, 0.29) is 12.1 Å². The molecule has 0 radical (unpaired) electrons. The third-order valence-electron chi connectivity index (χ3n) is 5.15. The molecule has 0 aliphatic rings. The van der Waals surface area contributed by atoms with Crippen molar-refractivity contribution in [1.29, 1.82) is 0 Å². The second-order valence-corrected chi connectivity index (χ2v) is 7.78. The largest absolute Gasteiger partial charge is 0.361 e. The highest BCUT2D eigenvalue weighted by Gasteiger charge is 2.19. The summed E-state index contributed by atoms with van der Waals surface area (Å²) in [6.45, 7) is 9.15. The average molecular weight is 454 g/mol. The molecular weight excluding hydrogens is 421 g/mol. The summed E-state index contributed by atoms with van der Waals surface area (Å²) >= 11 is 0.171. The fourth-order valence-corrected chi connectivity index (χ4v) is 3.53. The maximum Gasteiger partial charge on any atom is 0.139 e. The number of nitrogens with zero attached hydrogens (tertiary/aromatic N) is 4. The Balaban J connectivity index is 0.00000176. The molecule has 1 N–H and O–H groups in total. The number of aliphatic imine (C=N–C) groups is 1. The monoisotopic (exact) mass is 453 g/mol. The van der Waals surface area contributed by atoms with Crippen LogP contribution >= 0.6 is 12.1 Å². The molecule has 0 saturated heterocycles. The average Bonchev–Trinajstić information content (AvgIpc) is 3.27. The van der Waals surface area contributed by atoms with Crippen LogP contribution in [0, 0.1) is 5.92 Å². The Hall–Kier alpha value is -2.93. The Labute approximate surface area is 195 Å². The van der Waals surface area contributed by atoms with Crippen molar-refractivity contribution in [2.75, 3.05) is 11.9 Å². The van der Waals surface area contributed by atoms with Gasteiger partial charge in [0.05, 0.1) is 22.7 Å². The Morgan fingerprint density at radius 1 is 1.19 bits per heavy atom. The molecule has 32 heavy (non-hydrogen) atoms. The van der Waals surface area contributed by atoms with Gasteiger partial charge in [-0.3, -0.25) is 9.98 Å². The lowest BCUT2D eigenvalue weighted by Crippen LogP contribution is -2.11. The minimum absolute atomic E-state index is 0.171. The third-order valence-corrected chi connectivity index (χ3v) is 5.65. The number of allylic oxidation sites excluding steroid dienone is 1. The zero-order chi connectivity index (χ0) is 23.3. The fraction of sp³-hybridized carbons (Fsp3) is 0.320. The normalized spacial score (nSPS) is 13.1. The predicted molar refractivity (Wildman–Crippen MR) is 135 cm³/mol. The van der Waals surface area contributed by atoms with Gasteiger partial charge in [0, 0.05) is 56.4 Å². The summed E-state index contributed by atoms with van der Waals surface area (Å²) < 4.78 is 14.9. The SMILES string of the molecule is CC.CC(c1ccccc1-c1nccn1C)[C@@H](C)CN=C/C=C\Nc1ccncc1SF. The molecule has 1 unspecified atom stereocenters. The van der Waals surface area contributed by atoms with Gasteiger partial charge in [-0.15, -0.1) is 0 Å². The topological polar surface area (TPSA) is 55.1 Å². The molecule has 170 valence electrons. The van der Waals surface area contributed by atoms with Crippen LogP contribution in [0.4, 0.5) is 9.57 Å². The van der Waals surface area contributed by atoms with Crippen molar-refractivity contribution in [2.45, 2.75) is 38.5 Å². The van der Waals surface area contributed by atoms with E-state index in [1.54, 1.807) is 24.7 Å². The summed E-state index contributed by atoms with van der Waals surface area (Å²) in [4.78, 5) is 13.4. The van der Waals surface area contributed by atoms with Gasteiger partial charge in [0.25, 0.3) is 0 Å². The summed E-state index contributed by atoms with van der Waals surface area (Å²) in [6.07, 6.45) is 12.2. The molecule has 0 amide bonds. The molecule has 0 bridgehead atoms. The molecule has 2 heterocycles. The lowest BCUT2D eigenvalue weighted by atomic mass is 9.86. The number of nitrogens with one attached hydrogen (secondary N) is 1. The molecule has 5 nitrogen and oxygen atoms in total. The summed E-state index contributed by atoms with van der Waals surface area (Å²) in [6, 6.07) is 10.2. The molecular formula is C25H32FN5S. The van der Waals surface area contributed by atoms with Crippen molar-refractivity contribution in [3.8, 4) is 11.4 Å². The molecule has 3 aromatic rings. The van der Waals surface area contributed by atoms with Crippen LogP contribution in [0.2, 0.25) is 0 Å². The number of anilines is 1. The number of hydrogen-bond donors (Lipinski definition) is 1. The molecule has 0 spiro atoms. The zero-order valence-electron chi connectivity index (χ0n) is 19.4. The third kappa shape index (κ3) is 6.79. The van der Waals surface area contributed by atoms with E-state index in [4.69, 9.17) is 0 Å².